The fraction of sp³-hybridized carbons (Fsp3) is 0.588. The van der Waals surface area contributed by atoms with Crippen molar-refractivity contribution in [3.8, 4) is 0 Å². The molecule has 1 N–H and O–H groups in total. The molecule has 0 aliphatic carbocycles. The molecule has 2 heterocycles. The number of amides is 1. The van der Waals surface area contributed by atoms with Gasteiger partial charge in [-0.2, -0.15) is 0 Å². The second-order valence-corrected chi connectivity index (χ2v) is 7.18. The maximum absolute atomic E-state index is 12.5. The van der Waals surface area contributed by atoms with Gasteiger partial charge >= 0.3 is 0 Å². The van der Waals surface area contributed by atoms with E-state index in [1.807, 2.05) is 11.8 Å². The van der Waals surface area contributed by atoms with Gasteiger partial charge < -0.3 is 10.2 Å². The highest BCUT2D eigenvalue weighted by Gasteiger charge is 2.31. The second-order valence-electron chi connectivity index (χ2n) is 6.09. The van der Waals surface area contributed by atoms with E-state index in [-0.39, 0.29) is 18.3 Å². The van der Waals surface area contributed by atoms with Crippen molar-refractivity contribution < 1.29 is 4.79 Å². The van der Waals surface area contributed by atoms with E-state index in [4.69, 9.17) is 0 Å². The number of piperidine rings is 1. The Hall–Kier alpha value is -0.710. The standard InChI is InChI=1S/C17H24N2OS.ClH/c20-17(15-6-9-18-10-7-15)19-11-8-14(12-19)13-21-16-4-2-1-3-5-16;/h1-5,14-15,18H,6-13H2;1H. The van der Waals surface area contributed by atoms with Crippen LogP contribution in [0, 0.1) is 11.8 Å². The van der Waals surface area contributed by atoms with Crippen molar-refractivity contribution in [3.63, 3.8) is 0 Å². The second kappa shape index (κ2) is 8.80. The third-order valence-electron chi connectivity index (χ3n) is 4.51. The van der Waals surface area contributed by atoms with Crippen LogP contribution < -0.4 is 5.32 Å². The van der Waals surface area contributed by atoms with E-state index >= 15 is 0 Å². The number of benzene rings is 1. The molecule has 1 amide bonds. The third-order valence-corrected chi connectivity index (χ3v) is 5.76. The molecule has 2 aliphatic rings. The van der Waals surface area contributed by atoms with Gasteiger partial charge in [-0.25, -0.2) is 0 Å². The van der Waals surface area contributed by atoms with Gasteiger partial charge in [-0.15, -0.1) is 24.2 Å². The summed E-state index contributed by atoms with van der Waals surface area (Å²) in [5.74, 6) is 2.45. The molecule has 5 heteroatoms. The van der Waals surface area contributed by atoms with Gasteiger partial charge in [0.15, 0.2) is 0 Å². The number of hydrogen-bond acceptors (Lipinski definition) is 3. The Labute approximate surface area is 143 Å². The summed E-state index contributed by atoms with van der Waals surface area (Å²) in [6.07, 6.45) is 3.19. The molecule has 0 spiro atoms. The van der Waals surface area contributed by atoms with Crippen molar-refractivity contribution in [1.29, 1.82) is 0 Å². The average molecular weight is 341 g/mol. The normalized spacial score (nSPS) is 22.4. The minimum absolute atomic E-state index is 0. The van der Waals surface area contributed by atoms with E-state index in [2.05, 4.69) is 40.5 Å². The number of carbonyl (C=O) groups is 1. The highest BCUT2D eigenvalue weighted by molar-refractivity contribution is 7.99. The zero-order chi connectivity index (χ0) is 14.5. The first kappa shape index (κ1) is 17.6. The van der Waals surface area contributed by atoms with E-state index in [0.717, 1.165) is 51.2 Å². The SMILES string of the molecule is Cl.O=C(C1CCNCC1)N1CCC(CSc2ccccc2)C1. The third kappa shape index (κ3) is 4.64. The van der Waals surface area contributed by atoms with Gasteiger partial charge in [-0.1, -0.05) is 18.2 Å². The maximum Gasteiger partial charge on any atom is 0.225 e. The van der Waals surface area contributed by atoms with Crippen LogP contribution in [-0.2, 0) is 4.79 Å². The van der Waals surface area contributed by atoms with Crippen LogP contribution >= 0.6 is 24.2 Å². The molecule has 2 aliphatic heterocycles. The summed E-state index contributed by atoms with van der Waals surface area (Å²) in [5, 5.41) is 3.33. The topological polar surface area (TPSA) is 32.3 Å². The molecule has 1 atom stereocenters. The Morgan fingerprint density at radius 3 is 2.64 bits per heavy atom. The van der Waals surface area contributed by atoms with Crippen molar-refractivity contribution in [2.24, 2.45) is 11.8 Å². The fourth-order valence-corrected chi connectivity index (χ4v) is 4.28. The van der Waals surface area contributed by atoms with Crippen LogP contribution in [0.15, 0.2) is 35.2 Å². The summed E-state index contributed by atoms with van der Waals surface area (Å²) in [6, 6.07) is 10.6. The largest absolute Gasteiger partial charge is 0.342 e. The first-order valence-corrected chi connectivity index (χ1v) is 8.99. The van der Waals surface area contributed by atoms with Crippen molar-refractivity contribution in [2.75, 3.05) is 31.9 Å². The van der Waals surface area contributed by atoms with Crippen molar-refractivity contribution >= 4 is 30.1 Å². The summed E-state index contributed by atoms with van der Waals surface area (Å²) < 4.78 is 0. The van der Waals surface area contributed by atoms with Gasteiger partial charge in [0.2, 0.25) is 5.91 Å². The molecule has 22 heavy (non-hydrogen) atoms. The first-order valence-electron chi connectivity index (χ1n) is 8.00. The Kier molecular flexibility index (Phi) is 7.06. The Bertz CT molecular complexity index is 465. The van der Waals surface area contributed by atoms with Gasteiger partial charge in [0.25, 0.3) is 0 Å². The van der Waals surface area contributed by atoms with E-state index in [0.29, 0.717) is 11.8 Å². The zero-order valence-electron chi connectivity index (χ0n) is 12.9. The van der Waals surface area contributed by atoms with Crippen LogP contribution in [-0.4, -0.2) is 42.7 Å². The highest BCUT2D eigenvalue weighted by atomic mass is 35.5. The molecule has 1 aromatic rings. The number of nitrogens with one attached hydrogen (secondary N) is 1. The lowest BCUT2D eigenvalue weighted by molar-refractivity contribution is -0.135. The fourth-order valence-electron chi connectivity index (χ4n) is 3.23. The lowest BCUT2D eigenvalue weighted by atomic mass is 9.97. The van der Waals surface area contributed by atoms with Crippen LogP contribution in [0.4, 0.5) is 0 Å². The van der Waals surface area contributed by atoms with Gasteiger partial charge in [0, 0.05) is 29.7 Å². The summed E-state index contributed by atoms with van der Waals surface area (Å²) in [5.41, 5.74) is 0. The molecule has 0 radical (unpaired) electrons. The molecule has 1 aromatic carbocycles. The van der Waals surface area contributed by atoms with E-state index in [9.17, 15) is 4.79 Å². The van der Waals surface area contributed by atoms with E-state index in [1.165, 1.54) is 4.90 Å². The zero-order valence-corrected chi connectivity index (χ0v) is 14.5. The smallest absolute Gasteiger partial charge is 0.225 e. The molecule has 0 saturated carbocycles. The molecular formula is C17H25ClN2OS. The minimum Gasteiger partial charge on any atom is -0.342 e. The van der Waals surface area contributed by atoms with Crippen LogP contribution in [0.5, 0.6) is 0 Å². The predicted molar refractivity (Wildman–Crippen MR) is 94.7 cm³/mol. The van der Waals surface area contributed by atoms with Gasteiger partial charge in [0.1, 0.15) is 0 Å². The summed E-state index contributed by atoms with van der Waals surface area (Å²) in [4.78, 5) is 16.0. The van der Waals surface area contributed by atoms with E-state index in [1.54, 1.807) is 0 Å². The van der Waals surface area contributed by atoms with Crippen molar-refractivity contribution in [2.45, 2.75) is 24.2 Å². The minimum atomic E-state index is 0. The maximum atomic E-state index is 12.5. The number of halogens is 1. The monoisotopic (exact) mass is 340 g/mol. The molecule has 3 rings (SSSR count). The molecule has 0 bridgehead atoms. The summed E-state index contributed by atoms with van der Waals surface area (Å²) >= 11 is 1.92. The molecule has 122 valence electrons. The van der Waals surface area contributed by atoms with Crippen molar-refractivity contribution in [1.82, 2.24) is 10.2 Å². The quantitative estimate of drug-likeness (QED) is 0.855. The lowest BCUT2D eigenvalue weighted by Crippen LogP contribution is -2.40. The molecule has 2 saturated heterocycles. The number of nitrogens with zero attached hydrogens (tertiary/aromatic N) is 1. The predicted octanol–water partition coefficient (Wildman–Crippen LogP) is 3.05. The number of carbonyl (C=O) groups excluding carboxylic acids is 1. The molecule has 1 unspecified atom stereocenters. The average Bonchev–Trinajstić information content (AvgIpc) is 3.03. The summed E-state index contributed by atoms with van der Waals surface area (Å²) in [6.45, 7) is 3.92. The van der Waals surface area contributed by atoms with E-state index < -0.39 is 0 Å². The summed E-state index contributed by atoms with van der Waals surface area (Å²) in [7, 11) is 0. The van der Waals surface area contributed by atoms with Crippen LogP contribution in [0.2, 0.25) is 0 Å². The van der Waals surface area contributed by atoms with Gasteiger partial charge in [-0.3, -0.25) is 4.79 Å². The van der Waals surface area contributed by atoms with Crippen LogP contribution in [0.25, 0.3) is 0 Å². The van der Waals surface area contributed by atoms with Crippen molar-refractivity contribution in [3.05, 3.63) is 30.3 Å². The number of hydrogen-bond donors (Lipinski definition) is 1. The first-order chi connectivity index (χ1) is 10.3. The van der Waals surface area contributed by atoms with Gasteiger partial charge in [0.05, 0.1) is 0 Å². The number of likely N-dealkylation sites (tertiary alicyclic amines) is 1. The Morgan fingerprint density at radius 2 is 1.91 bits per heavy atom. The van der Waals surface area contributed by atoms with Crippen LogP contribution in [0.3, 0.4) is 0 Å². The molecule has 3 nitrogen and oxygen atoms in total. The van der Waals surface area contributed by atoms with Gasteiger partial charge in [-0.05, 0) is 50.4 Å². The molecular weight excluding hydrogens is 316 g/mol. The number of rotatable bonds is 4. The van der Waals surface area contributed by atoms with Crippen LogP contribution in [0.1, 0.15) is 19.3 Å². The molecule has 0 aromatic heterocycles. The molecule has 2 fully saturated rings. The highest BCUT2D eigenvalue weighted by Crippen LogP contribution is 2.27. The number of thioether (sulfide) groups is 1. The Balaban J connectivity index is 0.00000176. The lowest BCUT2D eigenvalue weighted by Gasteiger charge is -2.26. The Morgan fingerprint density at radius 1 is 1.18 bits per heavy atom.